The van der Waals surface area contributed by atoms with E-state index in [1.807, 2.05) is 0 Å². The molecule has 0 aliphatic carbocycles. The predicted octanol–water partition coefficient (Wildman–Crippen LogP) is 0.947. The van der Waals surface area contributed by atoms with Gasteiger partial charge in [-0.15, -0.1) is 11.6 Å². The van der Waals surface area contributed by atoms with Gasteiger partial charge in [0.15, 0.2) is 0 Å². The molecule has 1 heterocycles. The summed E-state index contributed by atoms with van der Waals surface area (Å²) in [7, 11) is 0. The van der Waals surface area contributed by atoms with Crippen molar-refractivity contribution in [2.24, 2.45) is 0 Å². The normalized spacial score (nSPS) is 15.9. The standard InChI is InChI=1S/C8H13ClN2O2/c9-4-3-7(12)10-8(13)11-5-1-2-6-11/h1-6H2,(H,10,12,13). The van der Waals surface area contributed by atoms with Crippen molar-refractivity contribution in [3.05, 3.63) is 0 Å². The number of likely N-dealkylation sites (tertiary alicyclic amines) is 1. The fourth-order valence-electron chi connectivity index (χ4n) is 1.27. The van der Waals surface area contributed by atoms with Gasteiger partial charge in [-0.1, -0.05) is 0 Å². The Labute approximate surface area is 82.2 Å². The molecule has 4 nitrogen and oxygen atoms in total. The Kier molecular flexibility index (Phi) is 4.02. The lowest BCUT2D eigenvalue weighted by Crippen LogP contribution is -2.41. The first-order valence-corrected chi connectivity index (χ1v) is 4.92. The molecule has 0 spiro atoms. The van der Waals surface area contributed by atoms with Crippen LogP contribution in [0.1, 0.15) is 19.3 Å². The number of nitrogens with one attached hydrogen (secondary N) is 1. The zero-order chi connectivity index (χ0) is 9.68. The lowest BCUT2D eigenvalue weighted by Gasteiger charge is -2.14. The van der Waals surface area contributed by atoms with Crippen LogP contribution < -0.4 is 5.32 Å². The van der Waals surface area contributed by atoms with Crippen molar-refractivity contribution >= 4 is 23.5 Å². The number of nitrogens with zero attached hydrogens (tertiary/aromatic N) is 1. The number of alkyl halides is 1. The van der Waals surface area contributed by atoms with E-state index in [-0.39, 0.29) is 24.2 Å². The van der Waals surface area contributed by atoms with E-state index in [0.29, 0.717) is 0 Å². The third kappa shape index (κ3) is 3.22. The van der Waals surface area contributed by atoms with Gasteiger partial charge in [-0.25, -0.2) is 4.79 Å². The highest BCUT2D eigenvalue weighted by Gasteiger charge is 2.18. The van der Waals surface area contributed by atoms with E-state index in [1.165, 1.54) is 0 Å². The van der Waals surface area contributed by atoms with Gasteiger partial charge >= 0.3 is 6.03 Å². The molecule has 3 amide bonds. The summed E-state index contributed by atoms with van der Waals surface area (Å²) in [5, 5.41) is 2.29. The minimum atomic E-state index is -0.299. The molecular formula is C8H13ClN2O2. The second-order valence-corrected chi connectivity index (χ2v) is 3.36. The predicted molar refractivity (Wildman–Crippen MR) is 49.7 cm³/mol. The summed E-state index contributed by atoms with van der Waals surface area (Å²) < 4.78 is 0. The zero-order valence-corrected chi connectivity index (χ0v) is 8.14. The van der Waals surface area contributed by atoms with E-state index in [4.69, 9.17) is 11.6 Å². The fourth-order valence-corrected chi connectivity index (χ4v) is 1.44. The van der Waals surface area contributed by atoms with Crippen LogP contribution >= 0.6 is 11.6 Å². The molecule has 0 bridgehead atoms. The highest BCUT2D eigenvalue weighted by molar-refractivity contribution is 6.19. The molecule has 5 heteroatoms. The third-order valence-electron chi connectivity index (χ3n) is 1.96. The third-order valence-corrected chi connectivity index (χ3v) is 2.15. The highest BCUT2D eigenvalue weighted by atomic mass is 35.5. The quantitative estimate of drug-likeness (QED) is 0.681. The SMILES string of the molecule is O=C(CCCl)NC(=O)N1CCCC1. The molecule has 74 valence electrons. The van der Waals surface area contributed by atoms with E-state index in [9.17, 15) is 9.59 Å². The molecule has 1 saturated heterocycles. The van der Waals surface area contributed by atoms with Crippen LogP contribution in [0.5, 0.6) is 0 Å². The Hall–Kier alpha value is -0.770. The van der Waals surface area contributed by atoms with Crippen LogP contribution in [-0.4, -0.2) is 35.8 Å². The number of imide groups is 1. The van der Waals surface area contributed by atoms with E-state index in [2.05, 4.69) is 5.32 Å². The molecule has 0 radical (unpaired) electrons. The van der Waals surface area contributed by atoms with Crippen molar-refractivity contribution < 1.29 is 9.59 Å². The minimum absolute atomic E-state index is 0.196. The molecule has 1 aliphatic heterocycles. The van der Waals surface area contributed by atoms with E-state index in [0.717, 1.165) is 25.9 Å². The molecule has 0 aromatic heterocycles. The van der Waals surface area contributed by atoms with Gasteiger partial charge in [-0.05, 0) is 12.8 Å². The maximum atomic E-state index is 11.3. The summed E-state index contributed by atoms with van der Waals surface area (Å²) in [4.78, 5) is 23.9. The van der Waals surface area contributed by atoms with Gasteiger partial charge in [-0.2, -0.15) is 0 Å². The monoisotopic (exact) mass is 204 g/mol. The maximum absolute atomic E-state index is 11.3. The smallest absolute Gasteiger partial charge is 0.324 e. The number of halogens is 1. The molecule has 0 aromatic rings. The second kappa shape index (κ2) is 5.07. The van der Waals surface area contributed by atoms with Crippen LogP contribution in [0.2, 0.25) is 0 Å². The van der Waals surface area contributed by atoms with Crippen molar-refractivity contribution in [2.45, 2.75) is 19.3 Å². The summed E-state index contributed by atoms with van der Waals surface area (Å²) in [6.07, 6.45) is 2.25. The lowest BCUT2D eigenvalue weighted by atomic mass is 10.4. The van der Waals surface area contributed by atoms with Gasteiger partial charge in [0.05, 0.1) is 0 Å². The summed E-state index contributed by atoms with van der Waals surface area (Å²) in [6.45, 7) is 1.50. The molecule has 13 heavy (non-hydrogen) atoms. The zero-order valence-electron chi connectivity index (χ0n) is 7.38. The van der Waals surface area contributed by atoms with Gasteiger partial charge in [0, 0.05) is 25.4 Å². The van der Waals surface area contributed by atoms with Crippen molar-refractivity contribution in [3.8, 4) is 0 Å². The van der Waals surface area contributed by atoms with Gasteiger partial charge in [0.1, 0.15) is 0 Å². The molecule has 1 rings (SSSR count). The van der Waals surface area contributed by atoms with Crippen LogP contribution in [0.3, 0.4) is 0 Å². The van der Waals surface area contributed by atoms with E-state index < -0.39 is 0 Å². The van der Waals surface area contributed by atoms with Gasteiger partial charge in [-0.3, -0.25) is 10.1 Å². The molecule has 0 aromatic carbocycles. The maximum Gasteiger partial charge on any atom is 0.324 e. The molecule has 1 N–H and O–H groups in total. The van der Waals surface area contributed by atoms with Gasteiger partial charge < -0.3 is 4.90 Å². The van der Waals surface area contributed by atoms with E-state index in [1.54, 1.807) is 4.90 Å². The minimum Gasteiger partial charge on any atom is -0.324 e. The van der Waals surface area contributed by atoms with Crippen LogP contribution in [0.4, 0.5) is 4.79 Å². The first-order valence-electron chi connectivity index (χ1n) is 4.39. The van der Waals surface area contributed by atoms with Gasteiger partial charge in [0.25, 0.3) is 0 Å². The van der Waals surface area contributed by atoms with Gasteiger partial charge in [0.2, 0.25) is 5.91 Å². The summed E-state index contributed by atoms with van der Waals surface area (Å²) >= 11 is 5.35. The van der Waals surface area contributed by atoms with Crippen LogP contribution in [-0.2, 0) is 4.79 Å². The van der Waals surface area contributed by atoms with Crippen molar-refractivity contribution in [1.29, 1.82) is 0 Å². The molecule has 1 fully saturated rings. The average molecular weight is 205 g/mol. The van der Waals surface area contributed by atoms with Crippen LogP contribution in [0, 0.1) is 0 Å². The molecule has 0 unspecified atom stereocenters. The van der Waals surface area contributed by atoms with Crippen molar-refractivity contribution in [1.82, 2.24) is 10.2 Å². The Bertz CT molecular complexity index is 202. The van der Waals surface area contributed by atoms with Crippen molar-refractivity contribution in [2.75, 3.05) is 19.0 Å². The number of rotatable bonds is 2. The number of urea groups is 1. The number of hydrogen-bond donors (Lipinski definition) is 1. The summed E-state index contributed by atoms with van der Waals surface area (Å²) in [5.41, 5.74) is 0. The average Bonchev–Trinajstić information content (AvgIpc) is 2.55. The second-order valence-electron chi connectivity index (χ2n) is 2.99. The summed E-state index contributed by atoms with van der Waals surface area (Å²) in [5.74, 6) is -0.0500. The highest BCUT2D eigenvalue weighted by Crippen LogP contribution is 2.06. The Morgan fingerprint density at radius 2 is 1.92 bits per heavy atom. The summed E-state index contributed by atoms with van der Waals surface area (Å²) in [6, 6.07) is -0.285. The fraction of sp³-hybridized carbons (Fsp3) is 0.750. The molecule has 0 saturated carbocycles. The molecule has 1 aliphatic rings. The molecular weight excluding hydrogens is 192 g/mol. The van der Waals surface area contributed by atoms with Crippen LogP contribution in [0.15, 0.2) is 0 Å². The molecule has 0 atom stereocenters. The Morgan fingerprint density at radius 1 is 1.31 bits per heavy atom. The Balaban J connectivity index is 2.27. The number of hydrogen-bond acceptors (Lipinski definition) is 2. The van der Waals surface area contributed by atoms with Crippen LogP contribution in [0.25, 0.3) is 0 Å². The largest absolute Gasteiger partial charge is 0.324 e. The number of amides is 3. The number of carbonyl (C=O) groups excluding carboxylic acids is 2. The lowest BCUT2D eigenvalue weighted by molar-refractivity contribution is -0.119. The first-order chi connectivity index (χ1) is 6.24. The van der Waals surface area contributed by atoms with Crippen molar-refractivity contribution in [3.63, 3.8) is 0 Å². The topological polar surface area (TPSA) is 49.4 Å². The Morgan fingerprint density at radius 3 is 2.46 bits per heavy atom. The first kappa shape index (κ1) is 10.3. The van der Waals surface area contributed by atoms with E-state index >= 15 is 0 Å². The number of carbonyl (C=O) groups is 2.